The quantitative estimate of drug-likeness (QED) is 0.0198. The normalized spacial score (nSPS) is 17.0. The maximum absolute atomic E-state index is 15.4. The van der Waals surface area contributed by atoms with Crippen LogP contribution in [-0.2, 0) is 44.6 Å². The molecule has 6 aromatic carbocycles. The zero-order chi connectivity index (χ0) is 54.9. The molecule has 400 valence electrons. The molecule has 1 unspecified atom stereocenters. The maximum atomic E-state index is 15.4. The number of hydrogen-bond acceptors (Lipinski definition) is 13. The molecule has 4 heterocycles. The Morgan fingerprint density at radius 2 is 1.21 bits per heavy atom. The number of carbonyl (C=O) groups excluding carboxylic acids is 4. The summed E-state index contributed by atoms with van der Waals surface area (Å²) in [6.45, 7) is 1.49. The average Bonchev–Trinajstić information content (AvgIpc) is 4.29. The van der Waals surface area contributed by atoms with Crippen LogP contribution in [-0.4, -0.2) is 67.8 Å². The molecule has 1 saturated carbocycles. The van der Waals surface area contributed by atoms with Gasteiger partial charge in [0.05, 0.1) is 5.92 Å². The van der Waals surface area contributed by atoms with Crippen LogP contribution in [0.25, 0.3) is 6.08 Å². The third kappa shape index (κ3) is 10.8. The highest BCUT2D eigenvalue weighted by Gasteiger charge is 2.55. The number of thioether (sulfide) groups is 1. The second kappa shape index (κ2) is 24.0. The van der Waals surface area contributed by atoms with Gasteiger partial charge in [0, 0.05) is 47.1 Å². The van der Waals surface area contributed by atoms with E-state index in [-0.39, 0.29) is 28.8 Å². The number of carbonyl (C=O) groups is 4. The molecule has 1 aliphatic carbocycles. The fourth-order valence-corrected chi connectivity index (χ4v) is 12.7. The molecule has 2 fully saturated rings. The summed E-state index contributed by atoms with van der Waals surface area (Å²) >= 11 is 2.67. The number of thiazole rings is 1. The molecule has 0 radical (unpaired) electrons. The minimum absolute atomic E-state index is 0.0160. The number of fused-ring (bicyclic) bond motifs is 1. The number of anilines is 1. The topological polar surface area (TPSA) is 161 Å². The van der Waals surface area contributed by atoms with E-state index in [2.05, 4.69) is 52.0 Å². The van der Waals surface area contributed by atoms with E-state index in [9.17, 15) is 14.4 Å². The smallest absolute Gasteiger partial charge is 0.358 e. The van der Waals surface area contributed by atoms with Gasteiger partial charge in [-0.15, -0.1) is 23.1 Å². The molecule has 0 bridgehead atoms. The highest BCUT2D eigenvalue weighted by atomic mass is 32.2. The molecule has 3 atom stereocenters. The van der Waals surface area contributed by atoms with Gasteiger partial charge in [-0.3, -0.25) is 24.3 Å². The van der Waals surface area contributed by atoms with Crippen molar-refractivity contribution in [2.24, 2.45) is 11.1 Å². The van der Waals surface area contributed by atoms with Crippen LogP contribution in [0.3, 0.4) is 0 Å². The second-order valence-electron chi connectivity index (χ2n) is 19.6. The van der Waals surface area contributed by atoms with Crippen LogP contribution in [0.15, 0.2) is 234 Å². The lowest BCUT2D eigenvalue weighted by Gasteiger charge is -2.49. The number of β-lactam (4-membered cyclic amide) rings is 1. The predicted octanol–water partition coefficient (Wildman–Crippen LogP) is 11.6. The molecule has 0 spiro atoms. The Bertz CT molecular complexity index is 3350. The lowest BCUT2D eigenvalue weighted by atomic mass is 9.77. The zero-order valence-electron chi connectivity index (χ0n) is 43.7. The number of rotatable bonds is 19. The summed E-state index contributed by atoms with van der Waals surface area (Å²) in [7, 11) is 0. The van der Waals surface area contributed by atoms with Crippen molar-refractivity contribution in [3.8, 4) is 0 Å². The van der Waals surface area contributed by atoms with Gasteiger partial charge >= 0.3 is 11.9 Å². The number of esters is 2. The van der Waals surface area contributed by atoms with E-state index in [1.54, 1.807) is 36.0 Å². The first kappa shape index (κ1) is 53.1. The van der Waals surface area contributed by atoms with Gasteiger partial charge in [-0.2, -0.15) is 0 Å². The average molecular weight is 1100 g/mol. The highest BCUT2D eigenvalue weighted by molar-refractivity contribution is 8.00. The standard InChI is InChI=1S/C65H56N6O7S2/c1-44(76-61(74)46-24-20-21-25-46)77-62(75)57-47(39-38-45-23-22-40-66-41-45)42-79-60-56(59(73)71(57)60)68-58(72)55(70-78-65(51-32-14-5-15-33-51,52-34-16-6-17-35-52)53-36-18-7-19-37-53)54-43-80-63(67-54)69-64(48-26-8-2-9-27-48,49-28-10-3-11-29-49)50-30-12-4-13-31-50/h2-19,22-23,26-41,43-44,46,56,60H,20-21,24-25,42H2,1H3,(H,67,69)(H,68,72)/b39-38-,70-55+/t44?,56-,60-/m1/s1. The van der Waals surface area contributed by atoms with E-state index in [0.717, 1.165) is 51.8 Å². The largest absolute Gasteiger partial charge is 0.425 e. The summed E-state index contributed by atoms with van der Waals surface area (Å²) in [6, 6.07) is 61.9. The van der Waals surface area contributed by atoms with Gasteiger partial charge in [0.1, 0.15) is 28.3 Å². The van der Waals surface area contributed by atoms with E-state index in [1.807, 2.05) is 152 Å². The highest BCUT2D eigenvalue weighted by Crippen LogP contribution is 2.44. The van der Waals surface area contributed by atoms with Gasteiger partial charge in [-0.05, 0) is 46.7 Å². The predicted molar refractivity (Wildman–Crippen MR) is 311 cm³/mol. The maximum Gasteiger partial charge on any atom is 0.358 e. The summed E-state index contributed by atoms with van der Waals surface area (Å²) in [6.07, 6.45) is 8.95. The molecule has 15 heteroatoms. The number of nitrogens with one attached hydrogen (secondary N) is 2. The Hall–Kier alpha value is -8.92. The van der Waals surface area contributed by atoms with E-state index < -0.39 is 52.6 Å². The zero-order valence-corrected chi connectivity index (χ0v) is 45.3. The van der Waals surface area contributed by atoms with Crippen molar-refractivity contribution < 1.29 is 33.5 Å². The molecular weight excluding hydrogens is 1040 g/mol. The summed E-state index contributed by atoms with van der Waals surface area (Å²) in [5.74, 6) is -2.56. The number of ether oxygens (including phenoxy) is 2. The van der Waals surface area contributed by atoms with E-state index in [0.29, 0.717) is 23.5 Å². The van der Waals surface area contributed by atoms with Gasteiger partial charge < -0.3 is 24.9 Å². The van der Waals surface area contributed by atoms with E-state index in [4.69, 9.17) is 24.5 Å². The molecule has 2 aliphatic heterocycles. The summed E-state index contributed by atoms with van der Waals surface area (Å²) in [4.78, 5) is 75.2. The molecular formula is C65H56N6O7S2. The first-order valence-electron chi connectivity index (χ1n) is 26.5. The fraction of sp³-hybridized carbons (Fsp3) is 0.185. The molecule has 1 saturated heterocycles. The number of allylic oxidation sites excluding steroid dienone is 1. The van der Waals surface area contributed by atoms with Gasteiger partial charge in [0.2, 0.25) is 11.9 Å². The number of hydrogen-bond donors (Lipinski definition) is 2. The van der Waals surface area contributed by atoms with Crippen LogP contribution < -0.4 is 10.6 Å². The fourth-order valence-electron chi connectivity index (χ4n) is 10.7. The van der Waals surface area contributed by atoms with Crippen molar-refractivity contribution in [2.75, 3.05) is 11.1 Å². The number of benzene rings is 6. The summed E-state index contributed by atoms with van der Waals surface area (Å²) in [5, 5.41) is 13.2. The van der Waals surface area contributed by atoms with Crippen LogP contribution >= 0.6 is 23.1 Å². The van der Waals surface area contributed by atoms with Gasteiger partial charge in [0.25, 0.3) is 11.8 Å². The minimum Gasteiger partial charge on any atom is -0.425 e. The second-order valence-corrected chi connectivity index (χ2v) is 21.5. The van der Waals surface area contributed by atoms with E-state index >= 15 is 4.79 Å². The Labute approximate surface area is 472 Å². The molecule has 8 aromatic rings. The first-order chi connectivity index (χ1) is 39.2. The number of oxime groups is 1. The Morgan fingerprint density at radius 3 is 1.73 bits per heavy atom. The Kier molecular flexibility index (Phi) is 15.9. The van der Waals surface area contributed by atoms with Gasteiger partial charge in [-0.1, -0.05) is 218 Å². The third-order valence-electron chi connectivity index (χ3n) is 14.6. The van der Waals surface area contributed by atoms with Crippen LogP contribution in [0.1, 0.15) is 77.2 Å². The number of nitrogens with zero attached hydrogens (tertiary/aromatic N) is 4. The monoisotopic (exact) mass is 1100 g/mol. The van der Waals surface area contributed by atoms with Crippen molar-refractivity contribution in [1.82, 2.24) is 20.2 Å². The molecule has 80 heavy (non-hydrogen) atoms. The Morgan fingerprint density at radius 1 is 0.688 bits per heavy atom. The Balaban J connectivity index is 0.973. The van der Waals surface area contributed by atoms with Crippen LogP contribution in [0.4, 0.5) is 5.13 Å². The van der Waals surface area contributed by atoms with Crippen LogP contribution in [0.5, 0.6) is 0 Å². The minimum atomic E-state index is -1.39. The number of aromatic nitrogens is 2. The molecule has 3 aliphatic rings. The first-order valence-corrected chi connectivity index (χ1v) is 28.5. The van der Waals surface area contributed by atoms with Crippen molar-refractivity contribution >= 4 is 63.8 Å². The van der Waals surface area contributed by atoms with Crippen molar-refractivity contribution in [3.05, 3.63) is 274 Å². The van der Waals surface area contributed by atoms with Gasteiger partial charge in [-0.25, -0.2) is 9.78 Å². The molecule has 2 N–H and O–H groups in total. The molecule has 2 aromatic heterocycles. The number of amides is 2. The molecule has 13 nitrogen and oxygen atoms in total. The lowest BCUT2D eigenvalue weighted by Crippen LogP contribution is -2.71. The van der Waals surface area contributed by atoms with E-state index in [1.165, 1.54) is 34.9 Å². The van der Waals surface area contributed by atoms with Crippen molar-refractivity contribution in [3.63, 3.8) is 0 Å². The summed E-state index contributed by atoms with van der Waals surface area (Å²) in [5.41, 5.74) is 3.97. The lowest BCUT2D eigenvalue weighted by molar-refractivity contribution is -0.187. The molecule has 11 rings (SSSR count). The van der Waals surface area contributed by atoms with Crippen LogP contribution in [0, 0.1) is 5.92 Å². The SMILES string of the molecule is CC(OC(=O)C1=C(/C=C\c2cccnc2)CS[C@@H]2[C@H](NC(=O)/C(=N/OC(c3ccccc3)(c3ccccc3)c3ccccc3)c3csc(NC(c4ccccc4)(c4ccccc4)c4ccccc4)n3)C(=O)N12)OC(=O)C1CCCC1. The van der Waals surface area contributed by atoms with Crippen LogP contribution in [0.2, 0.25) is 0 Å². The van der Waals surface area contributed by atoms with Gasteiger partial charge in [0.15, 0.2) is 10.8 Å². The molecule has 2 amide bonds. The van der Waals surface area contributed by atoms with Crippen molar-refractivity contribution in [1.29, 1.82) is 0 Å². The summed E-state index contributed by atoms with van der Waals surface area (Å²) < 4.78 is 11.4. The number of pyridine rings is 1. The third-order valence-corrected chi connectivity index (χ3v) is 16.6. The van der Waals surface area contributed by atoms with Crippen molar-refractivity contribution in [2.45, 2.75) is 61.5 Å².